The molecule has 10 heteroatoms. The number of nitrogens with zero attached hydrogens (tertiary/aromatic N) is 5. The molecule has 0 bridgehead atoms. The highest BCUT2D eigenvalue weighted by Crippen LogP contribution is 2.36. The Labute approximate surface area is 189 Å². The van der Waals surface area contributed by atoms with Gasteiger partial charge in [0.25, 0.3) is 0 Å². The summed E-state index contributed by atoms with van der Waals surface area (Å²) in [6.07, 6.45) is 7.10. The highest BCUT2D eigenvalue weighted by molar-refractivity contribution is 7.89. The van der Waals surface area contributed by atoms with Gasteiger partial charge in [0.15, 0.2) is 5.65 Å². The summed E-state index contributed by atoms with van der Waals surface area (Å²) in [4.78, 5) is 22.6. The average Bonchev–Trinajstić information content (AvgIpc) is 3.31. The van der Waals surface area contributed by atoms with Crippen molar-refractivity contribution in [3.63, 3.8) is 0 Å². The number of pyridine rings is 1. The molecule has 174 valence electrons. The van der Waals surface area contributed by atoms with E-state index in [0.29, 0.717) is 31.8 Å². The number of aromatic nitrogens is 2. The third-order valence-electron chi connectivity index (χ3n) is 5.99. The van der Waals surface area contributed by atoms with Crippen molar-refractivity contribution in [3.05, 3.63) is 29.7 Å². The summed E-state index contributed by atoms with van der Waals surface area (Å²) in [5.41, 5.74) is 3.04. The summed E-state index contributed by atoms with van der Waals surface area (Å²) < 4.78 is 31.1. The van der Waals surface area contributed by atoms with Crippen molar-refractivity contribution >= 4 is 33.5 Å². The van der Waals surface area contributed by atoms with Gasteiger partial charge >= 0.3 is 6.03 Å². The Balaban J connectivity index is 1.74. The van der Waals surface area contributed by atoms with E-state index in [-0.39, 0.29) is 16.5 Å². The summed E-state index contributed by atoms with van der Waals surface area (Å²) in [5.74, 6) is 0. The molecule has 2 aliphatic rings. The first-order chi connectivity index (χ1) is 15.0. The largest absolute Gasteiger partial charge is 0.365 e. The zero-order chi connectivity index (χ0) is 23.3. The Morgan fingerprint density at radius 3 is 2.41 bits per heavy atom. The number of amides is 2. The summed E-state index contributed by atoms with van der Waals surface area (Å²) in [5, 5.41) is 0. The topological polar surface area (TPSA) is 90.3 Å². The fourth-order valence-electron chi connectivity index (χ4n) is 3.94. The van der Waals surface area contributed by atoms with Gasteiger partial charge in [0, 0.05) is 52.0 Å². The Kier molecular flexibility index (Phi) is 5.70. The van der Waals surface area contributed by atoms with Crippen molar-refractivity contribution in [1.82, 2.24) is 23.9 Å². The third kappa shape index (κ3) is 4.47. The smallest absolute Gasteiger partial charge is 0.319 e. The molecule has 1 aliphatic heterocycles. The summed E-state index contributed by atoms with van der Waals surface area (Å²) in [6, 6.07) is 1.70. The molecule has 0 unspecified atom stereocenters. The number of carbonyl (C=O) groups excluding carboxylic acids is 1. The molecule has 0 atom stereocenters. The van der Waals surface area contributed by atoms with Gasteiger partial charge < -0.3 is 14.7 Å². The Morgan fingerprint density at radius 2 is 1.84 bits per heavy atom. The molecule has 2 amide bonds. The fraction of sp³-hybridized carbons (Fsp3) is 0.545. The van der Waals surface area contributed by atoms with Gasteiger partial charge in [-0.1, -0.05) is 5.57 Å². The van der Waals surface area contributed by atoms with Crippen LogP contribution in [0.3, 0.4) is 0 Å². The van der Waals surface area contributed by atoms with E-state index in [0.717, 1.165) is 29.8 Å². The predicted molar refractivity (Wildman–Crippen MR) is 125 cm³/mol. The normalized spacial score (nSPS) is 18.0. The number of anilines is 1. The number of nitrogens with one attached hydrogen (secondary N) is 1. The van der Waals surface area contributed by atoms with E-state index in [1.807, 2.05) is 36.1 Å². The second kappa shape index (κ2) is 8.08. The van der Waals surface area contributed by atoms with Gasteiger partial charge in [-0.25, -0.2) is 22.9 Å². The molecular weight excluding hydrogens is 428 g/mol. The number of piperazine rings is 1. The molecule has 0 radical (unpaired) electrons. The summed E-state index contributed by atoms with van der Waals surface area (Å²) in [7, 11) is -0.193. The summed E-state index contributed by atoms with van der Waals surface area (Å²) >= 11 is 0. The third-order valence-corrected chi connectivity index (χ3v) is 7.60. The minimum absolute atomic E-state index is 0.0142. The monoisotopic (exact) mass is 460 g/mol. The van der Waals surface area contributed by atoms with Crippen molar-refractivity contribution in [2.24, 2.45) is 0 Å². The van der Waals surface area contributed by atoms with Crippen molar-refractivity contribution in [1.29, 1.82) is 0 Å². The number of carbonyl (C=O) groups is 1. The molecule has 0 spiro atoms. The van der Waals surface area contributed by atoms with Crippen molar-refractivity contribution in [2.45, 2.75) is 44.0 Å². The number of hydrogen-bond acceptors (Lipinski definition) is 5. The number of imidazole rings is 1. The lowest BCUT2D eigenvalue weighted by Gasteiger charge is -2.37. The van der Waals surface area contributed by atoms with Crippen LogP contribution in [-0.4, -0.2) is 79.4 Å². The van der Waals surface area contributed by atoms with E-state index < -0.39 is 10.0 Å². The molecule has 2 fully saturated rings. The van der Waals surface area contributed by atoms with Crippen LogP contribution in [0.2, 0.25) is 0 Å². The van der Waals surface area contributed by atoms with Gasteiger partial charge in [0.05, 0.1) is 17.6 Å². The van der Waals surface area contributed by atoms with Crippen LogP contribution >= 0.6 is 0 Å². The lowest BCUT2D eigenvalue weighted by Crippen LogP contribution is -2.51. The lowest BCUT2D eigenvalue weighted by atomic mass is 10.2. The van der Waals surface area contributed by atoms with Crippen LogP contribution in [0.25, 0.3) is 11.7 Å². The second-order valence-electron chi connectivity index (χ2n) is 9.48. The van der Waals surface area contributed by atoms with Gasteiger partial charge in [-0.05, 0) is 45.8 Å². The molecule has 1 saturated carbocycles. The van der Waals surface area contributed by atoms with E-state index in [9.17, 15) is 13.2 Å². The number of hydrogen-bond donors (Lipinski definition) is 1. The van der Waals surface area contributed by atoms with Gasteiger partial charge in [0.1, 0.15) is 4.90 Å². The molecular formula is C22H32N6O3S. The van der Waals surface area contributed by atoms with Crippen molar-refractivity contribution in [3.8, 4) is 0 Å². The fourth-order valence-corrected chi connectivity index (χ4v) is 5.42. The lowest BCUT2D eigenvalue weighted by molar-refractivity contribution is 0.168. The van der Waals surface area contributed by atoms with Crippen LogP contribution in [-0.2, 0) is 10.0 Å². The quantitative estimate of drug-likeness (QED) is 0.740. The van der Waals surface area contributed by atoms with Crippen LogP contribution in [0.1, 0.15) is 39.3 Å². The molecule has 1 aliphatic carbocycles. The van der Waals surface area contributed by atoms with Crippen LogP contribution in [0.15, 0.2) is 28.9 Å². The minimum Gasteiger partial charge on any atom is -0.365 e. The highest BCUT2D eigenvalue weighted by atomic mass is 32.2. The molecule has 32 heavy (non-hydrogen) atoms. The molecule has 2 aromatic rings. The van der Waals surface area contributed by atoms with E-state index in [4.69, 9.17) is 0 Å². The number of sulfonamides is 1. The number of allylic oxidation sites excluding steroid dienone is 1. The number of fused-ring (bicyclic) bond motifs is 1. The maximum Gasteiger partial charge on any atom is 0.319 e. The zero-order valence-corrected chi connectivity index (χ0v) is 20.2. The molecule has 2 aromatic heterocycles. The SMILES string of the molecule is CC(C)=Cc1cnc2c(N3CCN(C(=O)N(C)C)CC3)cc(S(=O)(=O)NC3(C)CC3)cn12. The first-order valence-corrected chi connectivity index (χ1v) is 12.4. The minimum atomic E-state index is -3.68. The maximum absolute atomic E-state index is 13.2. The Bertz CT molecular complexity index is 1170. The summed E-state index contributed by atoms with van der Waals surface area (Å²) in [6.45, 7) is 8.27. The van der Waals surface area contributed by atoms with Gasteiger partial charge in [0.2, 0.25) is 10.0 Å². The van der Waals surface area contributed by atoms with Crippen LogP contribution in [0.4, 0.5) is 10.5 Å². The zero-order valence-electron chi connectivity index (χ0n) is 19.4. The molecule has 4 rings (SSSR count). The molecule has 1 saturated heterocycles. The van der Waals surface area contributed by atoms with E-state index >= 15 is 0 Å². The molecule has 0 aromatic carbocycles. The molecule has 1 N–H and O–H groups in total. The predicted octanol–water partition coefficient (Wildman–Crippen LogP) is 2.39. The number of rotatable bonds is 5. The van der Waals surface area contributed by atoms with Gasteiger partial charge in [-0.15, -0.1) is 0 Å². The Morgan fingerprint density at radius 1 is 1.19 bits per heavy atom. The van der Waals surface area contributed by atoms with E-state index in [1.54, 1.807) is 37.5 Å². The molecule has 3 heterocycles. The first kappa shape index (κ1) is 22.6. The maximum atomic E-state index is 13.2. The van der Waals surface area contributed by atoms with Crippen LogP contribution in [0, 0.1) is 0 Å². The molecule has 9 nitrogen and oxygen atoms in total. The van der Waals surface area contributed by atoms with E-state index in [1.165, 1.54) is 0 Å². The highest BCUT2D eigenvalue weighted by Gasteiger charge is 2.41. The van der Waals surface area contributed by atoms with Gasteiger partial charge in [-0.2, -0.15) is 0 Å². The number of urea groups is 1. The van der Waals surface area contributed by atoms with E-state index in [2.05, 4.69) is 14.6 Å². The second-order valence-corrected chi connectivity index (χ2v) is 11.2. The van der Waals surface area contributed by atoms with Crippen LogP contribution in [0.5, 0.6) is 0 Å². The van der Waals surface area contributed by atoms with Crippen LogP contribution < -0.4 is 9.62 Å². The van der Waals surface area contributed by atoms with Crippen molar-refractivity contribution < 1.29 is 13.2 Å². The standard InChI is InChI=1S/C22H32N6O3S/c1-16(2)12-17-14-23-20-19(26-8-10-27(11-9-26)21(29)25(4)5)13-18(15-28(17)20)32(30,31)24-22(3)6-7-22/h12-15,24H,6-11H2,1-5H3. The Hall–Kier alpha value is -2.59. The average molecular weight is 461 g/mol. The van der Waals surface area contributed by atoms with Crippen molar-refractivity contribution in [2.75, 3.05) is 45.2 Å². The van der Waals surface area contributed by atoms with Gasteiger partial charge in [-0.3, -0.25) is 4.40 Å². The first-order valence-electron chi connectivity index (χ1n) is 10.9.